The lowest BCUT2D eigenvalue weighted by Gasteiger charge is -2.06. The van der Waals surface area contributed by atoms with Gasteiger partial charge < -0.3 is 9.88 Å². The molecule has 4 nitrogen and oxygen atoms in total. The number of nitrogens with one attached hydrogen (secondary N) is 1. The van der Waals surface area contributed by atoms with Crippen LogP contribution in [-0.2, 0) is 7.05 Å². The molecule has 17 heavy (non-hydrogen) atoms. The van der Waals surface area contributed by atoms with Gasteiger partial charge in [0.2, 0.25) is 0 Å². The van der Waals surface area contributed by atoms with E-state index in [2.05, 4.69) is 28.3 Å². The molecule has 0 aromatic carbocycles. The maximum Gasteiger partial charge on any atom is 0.172 e. The Morgan fingerprint density at radius 3 is 2.94 bits per heavy atom. The fourth-order valence-corrected chi connectivity index (χ4v) is 2.21. The highest BCUT2D eigenvalue weighted by Gasteiger charge is 2.03. The number of rotatable bonds is 5. The number of hydrogen-bond donors (Lipinski definition) is 1. The molecule has 2 rings (SSSR count). The van der Waals surface area contributed by atoms with Gasteiger partial charge in [-0.2, -0.15) is 0 Å². The number of pyridine rings is 1. The molecule has 0 aliphatic rings. The highest BCUT2D eigenvalue weighted by molar-refractivity contribution is 7.99. The van der Waals surface area contributed by atoms with Crippen LogP contribution in [0.5, 0.6) is 0 Å². The van der Waals surface area contributed by atoms with E-state index in [1.54, 1.807) is 18.0 Å². The van der Waals surface area contributed by atoms with Crippen LogP contribution < -0.4 is 5.32 Å². The van der Waals surface area contributed by atoms with Crippen LogP contribution in [0.4, 0.5) is 5.82 Å². The summed E-state index contributed by atoms with van der Waals surface area (Å²) in [5, 5.41) is 4.26. The van der Waals surface area contributed by atoms with E-state index in [0.717, 1.165) is 28.8 Å². The standard InChI is InChI=1S/C12H16N4S/c1-3-5-13-11-9-10(4-6-14-11)17-12-15-7-8-16(12)2/h4,6-9H,3,5H2,1-2H3,(H,13,14). The summed E-state index contributed by atoms with van der Waals surface area (Å²) in [5.74, 6) is 0.922. The van der Waals surface area contributed by atoms with E-state index in [0.29, 0.717) is 0 Å². The first kappa shape index (κ1) is 12.0. The Morgan fingerprint density at radius 1 is 1.35 bits per heavy atom. The van der Waals surface area contributed by atoms with E-state index >= 15 is 0 Å². The van der Waals surface area contributed by atoms with Crippen molar-refractivity contribution >= 4 is 17.6 Å². The van der Waals surface area contributed by atoms with E-state index < -0.39 is 0 Å². The smallest absolute Gasteiger partial charge is 0.172 e. The summed E-state index contributed by atoms with van der Waals surface area (Å²) in [4.78, 5) is 9.71. The normalized spacial score (nSPS) is 10.5. The Labute approximate surface area is 105 Å². The number of nitrogens with zero attached hydrogens (tertiary/aromatic N) is 3. The molecule has 0 aliphatic carbocycles. The van der Waals surface area contributed by atoms with Crippen molar-refractivity contribution in [1.82, 2.24) is 14.5 Å². The molecular weight excluding hydrogens is 232 g/mol. The number of imidazole rings is 1. The summed E-state index contributed by atoms with van der Waals surface area (Å²) < 4.78 is 2.00. The molecule has 0 unspecified atom stereocenters. The first-order valence-corrected chi connectivity index (χ1v) is 6.46. The van der Waals surface area contributed by atoms with E-state index in [4.69, 9.17) is 0 Å². The van der Waals surface area contributed by atoms with Crippen LogP contribution in [0.1, 0.15) is 13.3 Å². The van der Waals surface area contributed by atoms with Gasteiger partial charge in [-0.3, -0.25) is 0 Å². The zero-order valence-electron chi connectivity index (χ0n) is 10.1. The maximum absolute atomic E-state index is 4.29. The van der Waals surface area contributed by atoms with Gasteiger partial charge in [-0.15, -0.1) is 0 Å². The molecule has 0 spiro atoms. The number of aryl methyl sites for hydroxylation is 1. The second kappa shape index (κ2) is 5.72. The summed E-state index contributed by atoms with van der Waals surface area (Å²) in [6, 6.07) is 4.05. The minimum absolute atomic E-state index is 0.922. The Bertz CT molecular complexity index is 481. The Kier molecular flexibility index (Phi) is 4.03. The molecule has 5 heteroatoms. The predicted octanol–water partition coefficient (Wildman–Crippen LogP) is 2.79. The SMILES string of the molecule is CCCNc1cc(Sc2nccn2C)ccn1. The first-order chi connectivity index (χ1) is 8.29. The summed E-state index contributed by atoms with van der Waals surface area (Å²) >= 11 is 1.64. The monoisotopic (exact) mass is 248 g/mol. The van der Waals surface area contributed by atoms with E-state index in [1.165, 1.54) is 0 Å². The quantitative estimate of drug-likeness (QED) is 0.883. The molecule has 0 saturated carbocycles. The van der Waals surface area contributed by atoms with Gasteiger partial charge >= 0.3 is 0 Å². The molecule has 0 fully saturated rings. The molecule has 1 N–H and O–H groups in total. The molecule has 0 radical (unpaired) electrons. The minimum atomic E-state index is 0.922. The lowest BCUT2D eigenvalue weighted by Crippen LogP contribution is -2.01. The van der Waals surface area contributed by atoms with Gasteiger partial charge in [0, 0.05) is 37.1 Å². The maximum atomic E-state index is 4.29. The molecule has 2 aromatic rings. The third kappa shape index (κ3) is 3.23. The van der Waals surface area contributed by atoms with Crippen molar-refractivity contribution in [1.29, 1.82) is 0 Å². The average molecular weight is 248 g/mol. The lowest BCUT2D eigenvalue weighted by molar-refractivity contribution is 0.790. The topological polar surface area (TPSA) is 42.7 Å². The van der Waals surface area contributed by atoms with Gasteiger partial charge in [0.05, 0.1) is 0 Å². The fourth-order valence-electron chi connectivity index (χ4n) is 1.38. The highest BCUT2D eigenvalue weighted by Crippen LogP contribution is 2.26. The van der Waals surface area contributed by atoms with Crippen LogP contribution in [-0.4, -0.2) is 21.1 Å². The fraction of sp³-hybridized carbons (Fsp3) is 0.333. The van der Waals surface area contributed by atoms with Crippen molar-refractivity contribution in [3.05, 3.63) is 30.7 Å². The second-order valence-corrected chi connectivity index (χ2v) is 4.77. The van der Waals surface area contributed by atoms with Crippen LogP contribution in [0, 0.1) is 0 Å². The largest absolute Gasteiger partial charge is 0.370 e. The minimum Gasteiger partial charge on any atom is -0.370 e. The third-order valence-electron chi connectivity index (χ3n) is 2.27. The van der Waals surface area contributed by atoms with E-state index in [1.807, 2.05) is 30.1 Å². The molecule has 2 heterocycles. The summed E-state index contributed by atoms with van der Waals surface area (Å²) in [7, 11) is 1.99. The molecule has 0 atom stereocenters. The van der Waals surface area contributed by atoms with Crippen molar-refractivity contribution in [2.45, 2.75) is 23.4 Å². The second-order valence-electron chi connectivity index (χ2n) is 3.73. The molecule has 2 aromatic heterocycles. The summed E-state index contributed by atoms with van der Waals surface area (Å²) in [6.07, 6.45) is 6.67. The first-order valence-electron chi connectivity index (χ1n) is 5.64. The van der Waals surface area contributed by atoms with Crippen molar-refractivity contribution < 1.29 is 0 Å². The number of anilines is 1. The summed E-state index contributed by atoms with van der Waals surface area (Å²) in [5.41, 5.74) is 0. The molecule has 0 aliphatic heterocycles. The van der Waals surface area contributed by atoms with Crippen LogP contribution in [0.3, 0.4) is 0 Å². The molecule has 0 bridgehead atoms. The lowest BCUT2D eigenvalue weighted by atomic mass is 10.4. The van der Waals surface area contributed by atoms with Crippen LogP contribution in [0.15, 0.2) is 40.8 Å². The Morgan fingerprint density at radius 2 is 2.24 bits per heavy atom. The van der Waals surface area contributed by atoms with Crippen molar-refractivity contribution in [3.8, 4) is 0 Å². The number of hydrogen-bond acceptors (Lipinski definition) is 4. The molecule has 0 saturated heterocycles. The van der Waals surface area contributed by atoms with Gasteiger partial charge in [0.1, 0.15) is 5.82 Å². The van der Waals surface area contributed by atoms with Crippen LogP contribution >= 0.6 is 11.8 Å². The average Bonchev–Trinajstić information content (AvgIpc) is 2.73. The van der Waals surface area contributed by atoms with Crippen LogP contribution in [0.25, 0.3) is 0 Å². The number of aromatic nitrogens is 3. The van der Waals surface area contributed by atoms with Gasteiger partial charge in [-0.25, -0.2) is 9.97 Å². The van der Waals surface area contributed by atoms with Gasteiger partial charge in [0.25, 0.3) is 0 Å². The van der Waals surface area contributed by atoms with E-state index in [-0.39, 0.29) is 0 Å². The molecule has 0 amide bonds. The third-order valence-corrected chi connectivity index (χ3v) is 3.34. The Balaban J connectivity index is 2.08. The van der Waals surface area contributed by atoms with Gasteiger partial charge in [0.15, 0.2) is 5.16 Å². The molecule has 90 valence electrons. The predicted molar refractivity (Wildman–Crippen MR) is 70.3 cm³/mol. The zero-order chi connectivity index (χ0) is 12.1. The Hall–Kier alpha value is -1.49. The van der Waals surface area contributed by atoms with Gasteiger partial charge in [-0.1, -0.05) is 18.7 Å². The van der Waals surface area contributed by atoms with Crippen molar-refractivity contribution in [2.75, 3.05) is 11.9 Å². The van der Waals surface area contributed by atoms with Crippen molar-refractivity contribution in [3.63, 3.8) is 0 Å². The van der Waals surface area contributed by atoms with Gasteiger partial charge in [-0.05, 0) is 18.6 Å². The molecular formula is C12H16N4S. The zero-order valence-corrected chi connectivity index (χ0v) is 10.9. The van der Waals surface area contributed by atoms with Crippen LogP contribution in [0.2, 0.25) is 0 Å². The van der Waals surface area contributed by atoms with Crippen molar-refractivity contribution in [2.24, 2.45) is 7.05 Å². The van der Waals surface area contributed by atoms with E-state index in [9.17, 15) is 0 Å². The summed E-state index contributed by atoms with van der Waals surface area (Å²) in [6.45, 7) is 3.09. The highest BCUT2D eigenvalue weighted by atomic mass is 32.2.